The second kappa shape index (κ2) is 14.5. The molecular formula is C27H53N. The van der Waals surface area contributed by atoms with Crippen LogP contribution in [0.25, 0.3) is 0 Å². The molecule has 1 aliphatic heterocycles. The maximum atomic E-state index is 2.63. The van der Waals surface area contributed by atoms with E-state index in [9.17, 15) is 0 Å². The van der Waals surface area contributed by atoms with Gasteiger partial charge in [0.15, 0.2) is 0 Å². The molecule has 0 amide bonds. The van der Waals surface area contributed by atoms with Gasteiger partial charge in [-0.15, -0.1) is 0 Å². The highest BCUT2D eigenvalue weighted by atomic mass is 15.2. The van der Waals surface area contributed by atoms with E-state index in [1.165, 1.54) is 116 Å². The number of piperidine rings is 1. The van der Waals surface area contributed by atoms with E-state index in [1.54, 1.807) is 0 Å². The lowest BCUT2D eigenvalue weighted by Gasteiger charge is -2.52. The van der Waals surface area contributed by atoms with Crippen LogP contribution in [0.1, 0.15) is 150 Å². The fourth-order valence-corrected chi connectivity index (χ4v) is 5.05. The Kier molecular flexibility index (Phi) is 13.3. The summed E-state index contributed by atoms with van der Waals surface area (Å²) in [5.74, 6) is 0. The van der Waals surface area contributed by atoms with Crippen LogP contribution in [0.2, 0.25) is 0 Å². The molecule has 0 bridgehead atoms. The highest BCUT2D eigenvalue weighted by molar-refractivity contribution is 5.03. The molecule has 0 saturated carbocycles. The van der Waals surface area contributed by atoms with Crippen LogP contribution in [0.15, 0.2) is 12.3 Å². The van der Waals surface area contributed by atoms with E-state index >= 15 is 0 Å². The summed E-state index contributed by atoms with van der Waals surface area (Å²) in [6.45, 7) is 11.9. The van der Waals surface area contributed by atoms with Gasteiger partial charge in [-0.05, 0) is 66.0 Å². The zero-order valence-corrected chi connectivity index (χ0v) is 20.3. The Bertz CT molecular complexity index is 377. The largest absolute Gasteiger partial charge is 0.368 e. The molecule has 1 heteroatoms. The Hall–Kier alpha value is -0.460. The van der Waals surface area contributed by atoms with Gasteiger partial charge in [0.2, 0.25) is 0 Å². The fourth-order valence-electron chi connectivity index (χ4n) is 5.05. The van der Waals surface area contributed by atoms with Crippen molar-refractivity contribution in [1.29, 1.82) is 0 Å². The molecule has 0 radical (unpaired) electrons. The van der Waals surface area contributed by atoms with Crippen molar-refractivity contribution in [3.63, 3.8) is 0 Å². The Morgan fingerprint density at radius 3 is 1.43 bits per heavy atom. The topological polar surface area (TPSA) is 3.24 Å². The molecule has 166 valence electrons. The van der Waals surface area contributed by atoms with Gasteiger partial charge < -0.3 is 4.90 Å². The maximum Gasteiger partial charge on any atom is 0.0346 e. The smallest absolute Gasteiger partial charge is 0.0346 e. The third-order valence-electron chi connectivity index (χ3n) is 6.86. The van der Waals surface area contributed by atoms with E-state index < -0.39 is 0 Å². The minimum absolute atomic E-state index is 0.313. The molecule has 1 rings (SSSR count). The first-order chi connectivity index (χ1) is 13.4. The lowest BCUT2D eigenvalue weighted by Crippen LogP contribution is -2.55. The molecule has 0 aromatic heterocycles. The zero-order valence-electron chi connectivity index (χ0n) is 20.3. The SMILES string of the molecule is CCCCCCCCCCCCCCCC/C=C/N1C(C)(C)CCCC1(C)C. The average Bonchev–Trinajstić information content (AvgIpc) is 2.62. The van der Waals surface area contributed by atoms with Crippen molar-refractivity contribution in [2.75, 3.05) is 0 Å². The molecule has 0 aromatic rings. The summed E-state index contributed by atoms with van der Waals surface area (Å²) in [6.07, 6.45) is 30.3. The van der Waals surface area contributed by atoms with E-state index in [-0.39, 0.29) is 0 Å². The van der Waals surface area contributed by atoms with Gasteiger partial charge in [-0.1, -0.05) is 96.5 Å². The lowest BCUT2D eigenvalue weighted by molar-refractivity contribution is 0.0188. The molecule has 1 nitrogen and oxygen atoms in total. The summed E-state index contributed by atoms with van der Waals surface area (Å²) >= 11 is 0. The van der Waals surface area contributed by atoms with Crippen molar-refractivity contribution in [1.82, 2.24) is 4.90 Å². The minimum Gasteiger partial charge on any atom is -0.368 e. The number of nitrogens with zero attached hydrogens (tertiary/aromatic N) is 1. The average molecular weight is 392 g/mol. The van der Waals surface area contributed by atoms with Crippen LogP contribution in [-0.4, -0.2) is 16.0 Å². The van der Waals surface area contributed by atoms with E-state index in [4.69, 9.17) is 0 Å². The van der Waals surface area contributed by atoms with Crippen LogP contribution in [0.5, 0.6) is 0 Å². The van der Waals surface area contributed by atoms with Gasteiger partial charge >= 0.3 is 0 Å². The predicted molar refractivity (Wildman–Crippen MR) is 128 cm³/mol. The van der Waals surface area contributed by atoms with Crippen LogP contribution >= 0.6 is 0 Å². The van der Waals surface area contributed by atoms with Crippen molar-refractivity contribution in [3.05, 3.63) is 12.3 Å². The molecule has 1 saturated heterocycles. The summed E-state index contributed by atoms with van der Waals surface area (Å²) in [7, 11) is 0. The molecule has 0 unspecified atom stereocenters. The highest BCUT2D eigenvalue weighted by Crippen LogP contribution is 2.38. The maximum absolute atomic E-state index is 2.63. The summed E-state index contributed by atoms with van der Waals surface area (Å²) in [4.78, 5) is 2.63. The first-order valence-corrected chi connectivity index (χ1v) is 12.9. The van der Waals surface area contributed by atoms with Crippen LogP contribution in [-0.2, 0) is 0 Å². The molecule has 0 atom stereocenters. The molecular weight excluding hydrogens is 338 g/mol. The van der Waals surface area contributed by atoms with Crippen molar-refractivity contribution in [3.8, 4) is 0 Å². The van der Waals surface area contributed by atoms with Crippen molar-refractivity contribution >= 4 is 0 Å². The number of unbranched alkanes of at least 4 members (excludes halogenated alkanes) is 14. The van der Waals surface area contributed by atoms with Crippen LogP contribution in [0.3, 0.4) is 0 Å². The van der Waals surface area contributed by atoms with E-state index in [0.717, 1.165) is 0 Å². The number of rotatable bonds is 16. The van der Waals surface area contributed by atoms with Gasteiger partial charge in [0.1, 0.15) is 0 Å². The molecule has 0 aromatic carbocycles. The van der Waals surface area contributed by atoms with Crippen LogP contribution in [0.4, 0.5) is 0 Å². The van der Waals surface area contributed by atoms with Crippen LogP contribution in [0, 0.1) is 0 Å². The Morgan fingerprint density at radius 2 is 1.00 bits per heavy atom. The first kappa shape index (κ1) is 25.6. The molecule has 1 fully saturated rings. The van der Waals surface area contributed by atoms with Gasteiger partial charge in [0, 0.05) is 11.1 Å². The predicted octanol–water partition coefficient (Wildman–Crippen LogP) is 9.41. The van der Waals surface area contributed by atoms with Gasteiger partial charge in [-0.25, -0.2) is 0 Å². The molecule has 0 spiro atoms. The van der Waals surface area contributed by atoms with E-state index in [0.29, 0.717) is 11.1 Å². The Morgan fingerprint density at radius 1 is 0.607 bits per heavy atom. The quantitative estimate of drug-likeness (QED) is 0.237. The second-order valence-corrected chi connectivity index (χ2v) is 10.6. The Balaban J connectivity index is 1.94. The third kappa shape index (κ3) is 10.9. The standard InChI is InChI=1S/C27H53N/c1-6-7-8-9-10-11-12-13-14-15-16-17-18-19-20-21-25-28-26(2,3)23-22-24-27(28,4)5/h21,25H,6-20,22-24H2,1-5H3/b25-21+. The third-order valence-corrected chi connectivity index (χ3v) is 6.86. The van der Waals surface area contributed by atoms with Crippen LogP contribution < -0.4 is 0 Å². The molecule has 28 heavy (non-hydrogen) atoms. The van der Waals surface area contributed by atoms with Crippen molar-refractivity contribution in [2.45, 2.75) is 161 Å². The number of hydrogen-bond acceptors (Lipinski definition) is 1. The Labute approximate surface area is 178 Å². The van der Waals surface area contributed by atoms with Crippen molar-refractivity contribution in [2.24, 2.45) is 0 Å². The van der Waals surface area contributed by atoms with Gasteiger partial charge in [-0.3, -0.25) is 0 Å². The van der Waals surface area contributed by atoms with E-state index in [2.05, 4.69) is 51.8 Å². The van der Waals surface area contributed by atoms with Crippen molar-refractivity contribution < 1.29 is 0 Å². The molecule has 1 heterocycles. The second-order valence-electron chi connectivity index (χ2n) is 10.6. The molecule has 1 aliphatic rings. The summed E-state index contributed by atoms with van der Waals surface area (Å²) in [6, 6.07) is 0. The summed E-state index contributed by atoms with van der Waals surface area (Å²) in [5.41, 5.74) is 0.627. The minimum atomic E-state index is 0.313. The van der Waals surface area contributed by atoms with E-state index in [1.807, 2.05) is 0 Å². The summed E-state index contributed by atoms with van der Waals surface area (Å²) in [5, 5.41) is 0. The number of allylic oxidation sites excluding steroid dienone is 1. The number of likely N-dealkylation sites (tertiary alicyclic amines) is 1. The van der Waals surface area contributed by atoms with Gasteiger partial charge in [-0.2, -0.15) is 0 Å². The fraction of sp³-hybridized carbons (Fsp3) is 0.926. The lowest BCUT2D eigenvalue weighted by atomic mass is 9.80. The van der Waals surface area contributed by atoms with Gasteiger partial charge in [0.25, 0.3) is 0 Å². The summed E-state index contributed by atoms with van der Waals surface area (Å²) < 4.78 is 0. The highest BCUT2D eigenvalue weighted by Gasteiger charge is 2.38. The number of hydrogen-bond donors (Lipinski definition) is 0. The monoisotopic (exact) mass is 391 g/mol. The molecule has 0 N–H and O–H groups in total. The molecule has 0 aliphatic carbocycles. The zero-order chi connectivity index (χ0) is 20.7. The first-order valence-electron chi connectivity index (χ1n) is 12.9. The van der Waals surface area contributed by atoms with Gasteiger partial charge in [0.05, 0.1) is 0 Å². The normalized spacial score (nSPS) is 18.8.